The van der Waals surface area contributed by atoms with E-state index < -0.39 is 0 Å². The Bertz CT molecular complexity index is 422. The largest absolute Gasteiger partial charge is 0.339 e. The highest BCUT2D eigenvalue weighted by atomic mass is 35.5. The van der Waals surface area contributed by atoms with Crippen molar-refractivity contribution in [2.75, 3.05) is 12.4 Å². The molecule has 0 aliphatic carbocycles. The van der Waals surface area contributed by atoms with Crippen molar-refractivity contribution < 1.29 is 4.79 Å². The molecule has 98 valence electrons. The third-order valence-electron chi connectivity index (χ3n) is 3.44. The molecule has 1 unspecified atom stereocenters. The van der Waals surface area contributed by atoms with Gasteiger partial charge in [0.1, 0.15) is 0 Å². The van der Waals surface area contributed by atoms with Crippen molar-refractivity contribution in [3.05, 3.63) is 34.9 Å². The van der Waals surface area contributed by atoms with Gasteiger partial charge in [-0.1, -0.05) is 29.8 Å². The fourth-order valence-electron chi connectivity index (χ4n) is 2.50. The van der Waals surface area contributed by atoms with Gasteiger partial charge in [0.15, 0.2) is 0 Å². The Hall–Kier alpha value is -0.730. The Balaban J connectivity index is 2.01. The molecule has 2 nitrogen and oxygen atoms in total. The van der Waals surface area contributed by atoms with Crippen LogP contribution in [0.2, 0.25) is 5.02 Å². The first-order chi connectivity index (χ1) is 8.72. The number of nitrogens with zero attached hydrogens (tertiary/aromatic N) is 1. The number of amides is 1. The van der Waals surface area contributed by atoms with Crippen molar-refractivity contribution in [1.29, 1.82) is 0 Å². The number of hydrogen-bond acceptors (Lipinski definition) is 1. The summed E-state index contributed by atoms with van der Waals surface area (Å²) in [4.78, 5) is 14.2. The summed E-state index contributed by atoms with van der Waals surface area (Å²) >= 11 is 11.9. The summed E-state index contributed by atoms with van der Waals surface area (Å²) in [5.74, 6) is 0.774. The zero-order valence-electron chi connectivity index (χ0n) is 10.2. The molecule has 1 atom stereocenters. The summed E-state index contributed by atoms with van der Waals surface area (Å²) in [6.45, 7) is 0.852. The van der Waals surface area contributed by atoms with E-state index in [-0.39, 0.29) is 5.91 Å². The molecule has 0 saturated carbocycles. The second-order valence-electron chi connectivity index (χ2n) is 4.63. The topological polar surface area (TPSA) is 20.3 Å². The first-order valence-electron chi connectivity index (χ1n) is 6.31. The van der Waals surface area contributed by atoms with Crippen LogP contribution in [0.1, 0.15) is 24.8 Å². The normalized spacial score (nSPS) is 19.2. The van der Waals surface area contributed by atoms with Crippen LogP contribution in [-0.4, -0.2) is 29.3 Å². The number of carbonyl (C=O) groups is 1. The Morgan fingerprint density at radius 3 is 2.89 bits per heavy atom. The molecule has 1 aliphatic heterocycles. The number of benzene rings is 1. The quantitative estimate of drug-likeness (QED) is 0.776. The highest BCUT2D eigenvalue weighted by Crippen LogP contribution is 2.23. The van der Waals surface area contributed by atoms with Crippen LogP contribution >= 0.6 is 23.2 Å². The van der Waals surface area contributed by atoms with Gasteiger partial charge >= 0.3 is 0 Å². The van der Waals surface area contributed by atoms with Gasteiger partial charge in [0, 0.05) is 23.5 Å². The van der Waals surface area contributed by atoms with E-state index in [1.54, 1.807) is 0 Å². The van der Waals surface area contributed by atoms with Gasteiger partial charge in [0.2, 0.25) is 5.91 Å². The van der Waals surface area contributed by atoms with Crippen LogP contribution in [0.4, 0.5) is 0 Å². The van der Waals surface area contributed by atoms with Crippen LogP contribution in [0.3, 0.4) is 0 Å². The first-order valence-corrected chi connectivity index (χ1v) is 7.22. The third kappa shape index (κ3) is 3.18. The predicted octanol–water partition coefficient (Wildman–Crippen LogP) is 3.50. The molecule has 0 N–H and O–H groups in total. The Labute approximate surface area is 118 Å². The van der Waals surface area contributed by atoms with Gasteiger partial charge in [-0.3, -0.25) is 4.79 Å². The zero-order chi connectivity index (χ0) is 13.0. The minimum Gasteiger partial charge on any atom is -0.339 e. The Morgan fingerprint density at radius 1 is 1.39 bits per heavy atom. The minimum absolute atomic E-state index is 0.163. The molecule has 0 aromatic heterocycles. The van der Waals surface area contributed by atoms with E-state index in [2.05, 4.69) is 0 Å². The number of hydrogen-bond donors (Lipinski definition) is 0. The smallest absolute Gasteiger partial charge is 0.227 e. The molecule has 1 heterocycles. The predicted molar refractivity (Wildman–Crippen MR) is 75.2 cm³/mol. The molecule has 4 heteroatoms. The Kier molecular flexibility index (Phi) is 4.90. The van der Waals surface area contributed by atoms with Gasteiger partial charge in [-0.05, 0) is 30.9 Å². The van der Waals surface area contributed by atoms with E-state index in [1.165, 1.54) is 0 Å². The Morgan fingerprint density at radius 2 is 2.17 bits per heavy atom. The van der Waals surface area contributed by atoms with Crippen LogP contribution in [-0.2, 0) is 11.2 Å². The van der Waals surface area contributed by atoms with Gasteiger partial charge in [0.25, 0.3) is 0 Å². The van der Waals surface area contributed by atoms with Crippen LogP contribution in [0.5, 0.6) is 0 Å². The molecule has 1 fully saturated rings. The summed E-state index contributed by atoms with van der Waals surface area (Å²) in [7, 11) is 0. The maximum atomic E-state index is 12.3. The molecule has 1 aromatic carbocycles. The van der Waals surface area contributed by atoms with Crippen LogP contribution in [0, 0.1) is 0 Å². The fourth-order valence-corrected chi connectivity index (χ4v) is 2.95. The second kappa shape index (κ2) is 6.44. The summed E-state index contributed by atoms with van der Waals surface area (Å²) in [5.41, 5.74) is 0.903. The van der Waals surface area contributed by atoms with Crippen LogP contribution in [0.15, 0.2) is 24.3 Å². The summed E-state index contributed by atoms with van der Waals surface area (Å²) in [6, 6.07) is 7.84. The van der Waals surface area contributed by atoms with E-state index in [4.69, 9.17) is 23.2 Å². The highest BCUT2D eigenvalue weighted by molar-refractivity contribution is 6.31. The fraction of sp³-hybridized carbons (Fsp3) is 0.500. The maximum Gasteiger partial charge on any atom is 0.227 e. The number of rotatable bonds is 4. The van der Waals surface area contributed by atoms with Crippen LogP contribution in [0.25, 0.3) is 0 Å². The van der Waals surface area contributed by atoms with Gasteiger partial charge in [0.05, 0.1) is 6.42 Å². The molecule has 0 spiro atoms. The summed E-state index contributed by atoms with van der Waals surface area (Å²) in [6.07, 6.45) is 3.42. The van der Waals surface area contributed by atoms with Crippen molar-refractivity contribution in [2.45, 2.75) is 31.7 Å². The lowest BCUT2D eigenvalue weighted by Gasteiger charge is -2.24. The molecule has 1 saturated heterocycles. The van der Waals surface area contributed by atoms with E-state index >= 15 is 0 Å². The SMILES string of the molecule is O=C(Cc1ccccc1Cl)N1CCCC1CCCl. The standard InChI is InChI=1S/C14H17Cl2NO/c15-8-7-12-5-3-9-17(12)14(18)10-11-4-1-2-6-13(11)16/h1-2,4,6,12H,3,5,7-10H2. The maximum absolute atomic E-state index is 12.3. The average molecular weight is 286 g/mol. The number of halogens is 2. The second-order valence-corrected chi connectivity index (χ2v) is 5.41. The molecule has 2 rings (SSSR count). The molecule has 0 bridgehead atoms. The van der Waals surface area contributed by atoms with Crippen molar-refractivity contribution >= 4 is 29.1 Å². The van der Waals surface area contributed by atoms with Crippen molar-refractivity contribution in [3.63, 3.8) is 0 Å². The first kappa shape index (κ1) is 13.7. The summed E-state index contributed by atoms with van der Waals surface area (Å²) in [5, 5.41) is 0.666. The molecular weight excluding hydrogens is 269 g/mol. The number of likely N-dealkylation sites (tertiary alicyclic amines) is 1. The molecule has 1 aliphatic rings. The van der Waals surface area contributed by atoms with Crippen molar-refractivity contribution in [1.82, 2.24) is 4.90 Å². The van der Waals surface area contributed by atoms with Gasteiger partial charge in [-0.15, -0.1) is 11.6 Å². The van der Waals surface area contributed by atoms with E-state index in [9.17, 15) is 4.79 Å². The number of alkyl halides is 1. The lowest BCUT2D eigenvalue weighted by Crippen LogP contribution is -2.36. The molecule has 18 heavy (non-hydrogen) atoms. The van der Waals surface area contributed by atoms with E-state index in [0.717, 1.165) is 31.4 Å². The molecule has 1 aromatic rings. The van der Waals surface area contributed by atoms with Crippen molar-refractivity contribution in [3.8, 4) is 0 Å². The summed E-state index contributed by atoms with van der Waals surface area (Å²) < 4.78 is 0. The lowest BCUT2D eigenvalue weighted by molar-refractivity contribution is -0.131. The molecule has 0 radical (unpaired) electrons. The van der Waals surface area contributed by atoms with E-state index in [1.807, 2.05) is 29.2 Å². The third-order valence-corrected chi connectivity index (χ3v) is 4.03. The molecular formula is C14H17Cl2NO. The minimum atomic E-state index is 0.163. The van der Waals surface area contributed by atoms with Crippen LogP contribution < -0.4 is 0 Å². The monoisotopic (exact) mass is 285 g/mol. The van der Waals surface area contributed by atoms with Gasteiger partial charge in [-0.2, -0.15) is 0 Å². The zero-order valence-corrected chi connectivity index (χ0v) is 11.8. The van der Waals surface area contributed by atoms with E-state index in [0.29, 0.717) is 23.4 Å². The average Bonchev–Trinajstić information content (AvgIpc) is 2.81. The van der Waals surface area contributed by atoms with Gasteiger partial charge < -0.3 is 4.90 Å². The van der Waals surface area contributed by atoms with Gasteiger partial charge in [-0.25, -0.2) is 0 Å². The van der Waals surface area contributed by atoms with Crippen molar-refractivity contribution in [2.24, 2.45) is 0 Å². The molecule has 1 amide bonds. The number of carbonyl (C=O) groups excluding carboxylic acids is 1. The highest BCUT2D eigenvalue weighted by Gasteiger charge is 2.28. The lowest BCUT2D eigenvalue weighted by atomic mass is 10.1.